The summed E-state index contributed by atoms with van der Waals surface area (Å²) in [5.41, 5.74) is 11.7. The summed E-state index contributed by atoms with van der Waals surface area (Å²) in [5, 5.41) is 0. The van der Waals surface area contributed by atoms with E-state index in [-0.39, 0.29) is 11.9 Å². The van der Waals surface area contributed by atoms with Crippen LogP contribution in [0.3, 0.4) is 0 Å². The largest absolute Gasteiger partial charge is 0.496 e. The van der Waals surface area contributed by atoms with E-state index in [2.05, 4.69) is 0 Å². The molecular formula is C11H17FN2O. The Bertz CT molecular complexity index is 317. The maximum absolute atomic E-state index is 13.5. The summed E-state index contributed by atoms with van der Waals surface area (Å²) in [6.45, 7) is 0.560. The zero-order chi connectivity index (χ0) is 11.3. The van der Waals surface area contributed by atoms with Gasteiger partial charge in [-0.05, 0) is 31.5 Å². The van der Waals surface area contributed by atoms with Crippen LogP contribution < -0.4 is 16.2 Å². The SMILES string of the molecule is COc1cccc(F)c1[C@@H](N)CCCN. The molecule has 0 fully saturated rings. The minimum Gasteiger partial charge on any atom is -0.496 e. The van der Waals surface area contributed by atoms with E-state index < -0.39 is 0 Å². The second kappa shape index (κ2) is 5.68. The van der Waals surface area contributed by atoms with Crippen LogP contribution in [0.5, 0.6) is 5.75 Å². The molecule has 0 aliphatic rings. The van der Waals surface area contributed by atoms with Gasteiger partial charge in [0.25, 0.3) is 0 Å². The van der Waals surface area contributed by atoms with Crippen molar-refractivity contribution >= 4 is 0 Å². The molecule has 0 aromatic heterocycles. The first kappa shape index (κ1) is 11.9. The van der Waals surface area contributed by atoms with Crippen molar-refractivity contribution in [1.29, 1.82) is 0 Å². The first-order chi connectivity index (χ1) is 7.20. The van der Waals surface area contributed by atoms with Crippen LogP contribution in [0, 0.1) is 5.82 Å². The van der Waals surface area contributed by atoms with Gasteiger partial charge in [-0.25, -0.2) is 4.39 Å². The van der Waals surface area contributed by atoms with E-state index >= 15 is 0 Å². The smallest absolute Gasteiger partial charge is 0.131 e. The van der Waals surface area contributed by atoms with Crippen molar-refractivity contribution in [3.63, 3.8) is 0 Å². The van der Waals surface area contributed by atoms with Crippen LogP contribution in [0.2, 0.25) is 0 Å². The standard InChI is InChI=1S/C11H17FN2O/c1-15-10-6-2-4-8(12)11(10)9(14)5-3-7-13/h2,4,6,9H,3,5,7,13-14H2,1H3/t9-/m0/s1. The molecule has 0 heterocycles. The second-order valence-electron chi connectivity index (χ2n) is 3.39. The number of hydrogen-bond donors (Lipinski definition) is 2. The lowest BCUT2D eigenvalue weighted by Crippen LogP contribution is -2.15. The van der Waals surface area contributed by atoms with E-state index in [9.17, 15) is 4.39 Å². The molecule has 0 saturated carbocycles. The highest BCUT2D eigenvalue weighted by Gasteiger charge is 2.15. The van der Waals surface area contributed by atoms with E-state index in [4.69, 9.17) is 16.2 Å². The predicted octanol–water partition coefficient (Wildman–Crippen LogP) is 1.57. The molecule has 15 heavy (non-hydrogen) atoms. The van der Waals surface area contributed by atoms with Crippen molar-refractivity contribution in [2.75, 3.05) is 13.7 Å². The van der Waals surface area contributed by atoms with Gasteiger partial charge in [-0.2, -0.15) is 0 Å². The van der Waals surface area contributed by atoms with Crippen molar-refractivity contribution in [1.82, 2.24) is 0 Å². The van der Waals surface area contributed by atoms with Crippen LogP contribution in [-0.4, -0.2) is 13.7 Å². The lowest BCUT2D eigenvalue weighted by atomic mass is 10.0. The minimum absolute atomic E-state index is 0.320. The highest BCUT2D eigenvalue weighted by atomic mass is 19.1. The van der Waals surface area contributed by atoms with Gasteiger partial charge in [0.05, 0.1) is 7.11 Å². The number of halogens is 1. The summed E-state index contributed by atoms with van der Waals surface area (Å²) in [6, 6.07) is 4.35. The molecule has 1 aromatic carbocycles. The molecule has 0 bridgehead atoms. The average molecular weight is 212 g/mol. The lowest BCUT2D eigenvalue weighted by molar-refractivity contribution is 0.396. The molecule has 0 radical (unpaired) electrons. The van der Waals surface area contributed by atoms with Crippen LogP contribution in [0.25, 0.3) is 0 Å². The van der Waals surface area contributed by atoms with Crippen molar-refractivity contribution in [2.45, 2.75) is 18.9 Å². The molecule has 1 aromatic rings. The van der Waals surface area contributed by atoms with Gasteiger partial charge < -0.3 is 16.2 Å². The molecule has 0 unspecified atom stereocenters. The third-order valence-corrected chi connectivity index (χ3v) is 2.32. The summed E-state index contributed by atoms with van der Waals surface area (Å²) in [6.07, 6.45) is 1.44. The Hall–Kier alpha value is -1.13. The van der Waals surface area contributed by atoms with Gasteiger partial charge in [0, 0.05) is 11.6 Å². The Balaban J connectivity index is 2.90. The van der Waals surface area contributed by atoms with Gasteiger partial charge in [-0.15, -0.1) is 0 Å². The van der Waals surface area contributed by atoms with Gasteiger partial charge >= 0.3 is 0 Å². The Kier molecular flexibility index (Phi) is 4.52. The Morgan fingerprint density at radius 3 is 2.80 bits per heavy atom. The summed E-state index contributed by atoms with van der Waals surface area (Å²) < 4.78 is 18.6. The van der Waals surface area contributed by atoms with Gasteiger partial charge in [0.15, 0.2) is 0 Å². The number of hydrogen-bond acceptors (Lipinski definition) is 3. The quantitative estimate of drug-likeness (QED) is 0.778. The van der Waals surface area contributed by atoms with Crippen molar-refractivity contribution < 1.29 is 9.13 Å². The monoisotopic (exact) mass is 212 g/mol. The fraction of sp³-hybridized carbons (Fsp3) is 0.455. The Morgan fingerprint density at radius 1 is 1.47 bits per heavy atom. The molecule has 0 amide bonds. The number of ether oxygens (including phenoxy) is 1. The van der Waals surface area contributed by atoms with Crippen LogP contribution in [0.15, 0.2) is 18.2 Å². The third-order valence-electron chi connectivity index (χ3n) is 2.32. The first-order valence-corrected chi connectivity index (χ1v) is 4.98. The predicted molar refractivity (Wildman–Crippen MR) is 58.2 cm³/mol. The topological polar surface area (TPSA) is 61.3 Å². The van der Waals surface area contributed by atoms with Crippen molar-refractivity contribution in [2.24, 2.45) is 11.5 Å². The highest BCUT2D eigenvalue weighted by Crippen LogP contribution is 2.28. The van der Waals surface area contributed by atoms with Crippen LogP contribution >= 0.6 is 0 Å². The maximum atomic E-state index is 13.5. The van der Waals surface area contributed by atoms with Gasteiger partial charge in [-0.3, -0.25) is 0 Å². The number of benzene rings is 1. The molecule has 1 rings (SSSR count). The van der Waals surface area contributed by atoms with Gasteiger partial charge in [-0.1, -0.05) is 6.07 Å². The first-order valence-electron chi connectivity index (χ1n) is 4.98. The van der Waals surface area contributed by atoms with E-state index in [1.54, 1.807) is 12.1 Å². The molecule has 0 spiro atoms. The molecule has 1 atom stereocenters. The molecule has 4 heteroatoms. The van der Waals surface area contributed by atoms with Crippen LogP contribution in [0.1, 0.15) is 24.4 Å². The van der Waals surface area contributed by atoms with E-state index in [1.807, 2.05) is 0 Å². The van der Waals surface area contributed by atoms with Crippen molar-refractivity contribution in [3.05, 3.63) is 29.6 Å². The zero-order valence-electron chi connectivity index (χ0n) is 8.87. The fourth-order valence-corrected chi connectivity index (χ4v) is 1.54. The van der Waals surface area contributed by atoms with Crippen LogP contribution in [-0.2, 0) is 0 Å². The van der Waals surface area contributed by atoms with Crippen LogP contribution in [0.4, 0.5) is 4.39 Å². The Morgan fingerprint density at radius 2 is 2.20 bits per heavy atom. The Labute approximate surface area is 89.2 Å². The number of nitrogens with two attached hydrogens (primary N) is 2. The molecule has 0 saturated heterocycles. The zero-order valence-corrected chi connectivity index (χ0v) is 8.87. The molecule has 84 valence electrons. The molecular weight excluding hydrogens is 195 g/mol. The number of methoxy groups -OCH3 is 1. The summed E-state index contributed by atoms with van der Waals surface area (Å²) in [7, 11) is 1.51. The normalized spacial score (nSPS) is 12.5. The fourth-order valence-electron chi connectivity index (χ4n) is 1.54. The lowest BCUT2D eigenvalue weighted by Gasteiger charge is -2.15. The minimum atomic E-state index is -0.357. The van der Waals surface area contributed by atoms with E-state index in [0.717, 1.165) is 6.42 Å². The molecule has 0 aliphatic heterocycles. The number of rotatable bonds is 5. The van der Waals surface area contributed by atoms with Crippen molar-refractivity contribution in [3.8, 4) is 5.75 Å². The second-order valence-corrected chi connectivity index (χ2v) is 3.39. The summed E-state index contributed by atoms with van der Waals surface area (Å²) in [4.78, 5) is 0. The van der Waals surface area contributed by atoms with Gasteiger partial charge in [0.2, 0.25) is 0 Å². The van der Waals surface area contributed by atoms with Gasteiger partial charge in [0.1, 0.15) is 11.6 Å². The molecule has 3 nitrogen and oxygen atoms in total. The maximum Gasteiger partial charge on any atom is 0.131 e. The van der Waals surface area contributed by atoms with E-state index in [0.29, 0.717) is 24.3 Å². The average Bonchev–Trinajstić information content (AvgIpc) is 2.25. The summed E-state index contributed by atoms with van der Waals surface area (Å²) >= 11 is 0. The molecule has 4 N–H and O–H groups in total. The summed E-state index contributed by atoms with van der Waals surface area (Å²) in [5.74, 6) is 0.179. The molecule has 0 aliphatic carbocycles. The van der Waals surface area contributed by atoms with E-state index in [1.165, 1.54) is 13.2 Å². The highest BCUT2D eigenvalue weighted by molar-refractivity contribution is 5.36. The third kappa shape index (κ3) is 2.91.